The highest BCUT2D eigenvalue weighted by atomic mass is 16.5. The molecule has 0 amide bonds. The second-order valence-corrected chi connectivity index (χ2v) is 9.73. The molecule has 0 aliphatic carbocycles. The lowest BCUT2D eigenvalue weighted by Gasteiger charge is -2.15. The van der Waals surface area contributed by atoms with Crippen LogP contribution in [0.15, 0.2) is 87.7 Å². The largest absolute Gasteiger partial charge is 0.490 e. The quantitative estimate of drug-likeness (QED) is 0.127. The SMILES string of the molecule is CC(C)Oc1cc(N=C(N)c2ncc[nH]2)ccc1-c1ccc(-c2ccc(N=C(N)c3ncc[nH]3)cc2OC(C)C)o1. The number of aliphatic imine (C=N–C) groups is 2. The number of nitrogens with two attached hydrogens (primary N) is 2. The van der Waals surface area contributed by atoms with Crippen LogP contribution < -0.4 is 20.9 Å². The van der Waals surface area contributed by atoms with Crippen molar-refractivity contribution in [2.24, 2.45) is 21.5 Å². The summed E-state index contributed by atoms with van der Waals surface area (Å²) in [5.41, 5.74) is 15.0. The van der Waals surface area contributed by atoms with Crippen molar-refractivity contribution < 1.29 is 13.9 Å². The topological polar surface area (TPSA) is 166 Å². The number of rotatable bonds is 10. The first-order valence-electron chi connectivity index (χ1n) is 13.2. The van der Waals surface area contributed by atoms with Crippen LogP contribution in [0.1, 0.15) is 39.3 Å². The predicted octanol–water partition coefficient (Wildman–Crippen LogP) is 5.71. The molecule has 11 heteroatoms. The maximum atomic E-state index is 6.35. The summed E-state index contributed by atoms with van der Waals surface area (Å²) in [6.07, 6.45) is 6.49. The number of amidine groups is 2. The van der Waals surface area contributed by atoms with Gasteiger partial charge in [-0.15, -0.1) is 0 Å². The van der Waals surface area contributed by atoms with E-state index in [4.69, 9.17) is 25.4 Å². The average molecular weight is 553 g/mol. The minimum absolute atomic E-state index is 0.0717. The number of aromatic nitrogens is 4. The zero-order valence-electron chi connectivity index (χ0n) is 23.3. The summed E-state index contributed by atoms with van der Waals surface area (Å²) in [7, 11) is 0. The van der Waals surface area contributed by atoms with E-state index in [1.54, 1.807) is 24.8 Å². The van der Waals surface area contributed by atoms with Gasteiger partial charge in [0.2, 0.25) is 0 Å². The van der Waals surface area contributed by atoms with Crippen molar-refractivity contribution in [3.05, 3.63) is 85.0 Å². The Morgan fingerprint density at radius 2 is 1.15 bits per heavy atom. The Bertz CT molecular complexity index is 1540. The maximum Gasteiger partial charge on any atom is 0.172 e. The fourth-order valence-electron chi connectivity index (χ4n) is 4.09. The predicted molar refractivity (Wildman–Crippen MR) is 159 cm³/mol. The second kappa shape index (κ2) is 11.8. The van der Waals surface area contributed by atoms with E-state index in [1.165, 1.54) is 0 Å². The number of imidazole rings is 2. The van der Waals surface area contributed by atoms with E-state index in [1.807, 2.05) is 76.2 Å². The van der Waals surface area contributed by atoms with Crippen molar-refractivity contribution in [2.75, 3.05) is 0 Å². The Morgan fingerprint density at radius 1 is 0.707 bits per heavy atom. The molecule has 0 bridgehead atoms. The number of ether oxygens (including phenoxy) is 2. The van der Waals surface area contributed by atoms with Crippen molar-refractivity contribution in [3.63, 3.8) is 0 Å². The van der Waals surface area contributed by atoms with Gasteiger partial charge in [-0.25, -0.2) is 20.0 Å². The van der Waals surface area contributed by atoms with Crippen molar-refractivity contribution in [3.8, 4) is 34.1 Å². The molecule has 0 aliphatic heterocycles. The molecule has 0 spiro atoms. The van der Waals surface area contributed by atoms with E-state index in [2.05, 4.69) is 29.9 Å². The molecule has 41 heavy (non-hydrogen) atoms. The fraction of sp³-hybridized carbons (Fsp3) is 0.200. The van der Waals surface area contributed by atoms with Gasteiger partial charge in [-0.2, -0.15) is 0 Å². The summed E-state index contributed by atoms with van der Waals surface area (Å²) in [6, 6.07) is 15.0. The van der Waals surface area contributed by atoms with Crippen molar-refractivity contribution >= 4 is 23.0 Å². The van der Waals surface area contributed by atoms with Gasteiger partial charge in [0, 0.05) is 36.9 Å². The Labute approximate surface area is 237 Å². The van der Waals surface area contributed by atoms with Crippen molar-refractivity contribution in [2.45, 2.75) is 39.9 Å². The molecule has 0 fully saturated rings. The monoisotopic (exact) mass is 552 g/mol. The Kier molecular flexibility index (Phi) is 7.86. The summed E-state index contributed by atoms with van der Waals surface area (Å²) < 4.78 is 18.6. The minimum atomic E-state index is -0.0717. The third-order valence-corrected chi connectivity index (χ3v) is 5.77. The van der Waals surface area contributed by atoms with Gasteiger partial charge in [0.15, 0.2) is 23.3 Å². The molecule has 0 saturated carbocycles. The Hall–Kier alpha value is -5.32. The van der Waals surface area contributed by atoms with Crippen LogP contribution in [-0.4, -0.2) is 43.8 Å². The number of furan rings is 1. The van der Waals surface area contributed by atoms with Crippen LogP contribution in [0.4, 0.5) is 11.4 Å². The van der Waals surface area contributed by atoms with Crippen LogP contribution in [0, 0.1) is 0 Å². The van der Waals surface area contributed by atoms with E-state index < -0.39 is 0 Å². The molecule has 0 radical (unpaired) electrons. The standard InChI is InChI=1S/C30H32N8O3/c1-17(2)39-25-15-19(37-27(31)29-33-11-12-34-29)5-7-21(25)23-9-10-24(41-23)22-8-6-20(16-26(22)40-18(3)4)38-28(32)30-35-13-14-36-30/h5-18H,1-4H3,(H2,31,37)(H2,32,38)(H,33,34)(H,35,36). The van der Waals surface area contributed by atoms with Gasteiger partial charge in [-0.05, 0) is 64.1 Å². The molecule has 0 unspecified atom stereocenters. The summed E-state index contributed by atoms with van der Waals surface area (Å²) in [5, 5.41) is 0. The van der Waals surface area contributed by atoms with Crippen LogP contribution in [0.5, 0.6) is 11.5 Å². The first kappa shape index (κ1) is 27.3. The zero-order chi connectivity index (χ0) is 28.9. The molecule has 5 aromatic rings. The van der Waals surface area contributed by atoms with Gasteiger partial charge in [-0.3, -0.25) is 0 Å². The van der Waals surface area contributed by atoms with Crippen LogP contribution in [0.25, 0.3) is 22.6 Å². The Balaban J connectivity index is 1.49. The molecule has 210 valence electrons. The van der Waals surface area contributed by atoms with Gasteiger partial charge < -0.3 is 35.3 Å². The average Bonchev–Trinajstić information content (AvgIpc) is 3.72. The highest BCUT2D eigenvalue weighted by Gasteiger charge is 2.18. The van der Waals surface area contributed by atoms with Crippen LogP contribution in [0.2, 0.25) is 0 Å². The third-order valence-electron chi connectivity index (χ3n) is 5.77. The number of hydrogen-bond donors (Lipinski definition) is 4. The molecule has 5 rings (SSSR count). The molecule has 0 atom stereocenters. The molecule has 0 aliphatic rings. The number of nitrogens with zero attached hydrogens (tertiary/aromatic N) is 4. The van der Waals surface area contributed by atoms with Gasteiger partial charge >= 0.3 is 0 Å². The van der Waals surface area contributed by atoms with Gasteiger partial charge in [0.05, 0.1) is 34.7 Å². The zero-order valence-corrected chi connectivity index (χ0v) is 23.3. The summed E-state index contributed by atoms with van der Waals surface area (Å²) in [4.78, 5) is 23.2. The number of nitrogens with one attached hydrogen (secondary N) is 2. The molecule has 6 N–H and O–H groups in total. The maximum absolute atomic E-state index is 6.35. The molecular weight excluding hydrogens is 520 g/mol. The van der Waals surface area contributed by atoms with Crippen LogP contribution in [0.3, 0.4) is 0 Å². The number of hydrogen-bond acceptors (Lipinski definition) is 7. The van der Waals surface area contributed by atoms with Gasteiger partial charge in [0.1, 0.15) is 23.0 Å². The highest BCUT2D eigenvalue weighted by molar-refractivity contribution is 5.96. The van der Waals surface area contributed by atoms with Crippen molar-refractivity contribution in [1.82, 2.24) is 19.9 Å². The third kappa shape index (κ3) is 6.47. The van der Waals surface area contributed by atoms with Gasteiger partial charge in [0.25, 0.3) is 0 Å². The fourth-order valence-corrected chi connectivity index (χ4v) is 4.09. The van der Waals surface area contributed by atoms with E-state index in [0.717, 1.165) is 11.1 Å². The smallest absolute Gasteiger partial charge is 0.172 e. The van der Waals surface area contributed by atoms with E-state index in [9.17, 15) is 0 Å². The molecule has 3 heterocycles. The summed E-state index contributed by atoms with van der Waals surface area (Å²) in [5.74, 6) is 4.03. The van der Waals surface area contributed by atoms with Gasteiger partial charge in [-0.1, -0.05) is 0 Å². The molecule has 2 aromatic carbocycles. The van der Waals surface area contributed by atoms with E-state index in [0.29, 0.717) is 46.0 Å². The number of aromatic amines is 2. The van der Waals surface area contributed by atoms with E-state index in [-0.39, 0.29) is 23.9 Å². The molecular formula is C30H32N8O3. The summed E-state index contributed by atoms with van der Waals surface area (Å²) in [6.45, 7) is 7.84. The Morgan fingerprint density at radius 3 is 1.51 bits per heavy atom. The lowest BCUT2D eigenvalue weighted by atomic mass is 10.1. The minimum Gasteiger partial charge on any atom is -0.490 e. The van der Waals surface area contributed by atoms with Crippen molar-refractivity contribution in [1.29, 1.82) is 0 Å². The van der Waals surface area contributed by atoms with E-state index >= 15 is 0 Å². The molecule has 11 nitrogen and oxygen atoms in total. The second-order valence-electron chi connectivity index (χ2n) is 9.73. The normalized spacial score (nSPS) is 12.3. The first-order chi connectivity index (χ1) is 19.8. The lowest BCUT2D eigenvalue weighted by Crippen LogP contribution is -2.14. The number of benzene rings is 2. The van der Waals surface area contributed by atoms with Crippen LogP contribution >= 0.6 is 0 Å². The van der Waals surface area contributed by atoms with Crippen LogP contribution in [-0.2, 0) is 0 Å². The number of H-pyrrole nitrogens is 2. The first-order valence-corrected chi connectivity index (χ1v) is 13.2. The molecule has 3 aromatic heterocycles. The lowest BCUT2D eigenvalue weighted by molar-refractivity contribution is 0.243. The summed E-state index contributed by atoms with van der Waals surface area (Å²) >= 11 is 0. The highest BCUT2D eigenvalue weighted by Crippen LogP contribution is 2.40. The molecule has 0 saturated heterocycles.